The van der Waals surface area contributed by atoms with Gasteiger partial charge in [0.25, 0.3) is 0 Å². The van der Waals surface area contributed by atoms with Crippen molar-refractivity contribution >= 4 is 37.3 Å². The average molecular weight is 306 g/mol. The SMILES string of the molecule is CO[Si](C)(O)c1ccc2c(c1)Sc1ccccc1S2. The van der Waals surface area contributed by atoms with Gasteiger partial charge in [-0.2, -0.15) is 0 Å². The van der Waals surface area contributed by atoms with Gasteiger partial charge in [0, 0.05) is 26.7 Å². The molecule has 1 atom stereocenters. The lowest BCUT2D eigenvalue weighted by Gasteiger charge is -2.22. The monoisotopic (exact) mass is 306 g/mol. The van der Waals surface area contributed by atoms with E-state index in [-0.39, 0.29) is 0 Å². The van der Waals surface area contributed by atoms with Crippen molar-refractivity contribution in [1.29, 1.82) is 0 Å². The van der Waals surface area contributed by atoms with Crippen LogP contribution in [-0.2, 0) is 4.43 Å². The van der Waals surface area contributed by atoms with E-state index < -0.39 is 8.56 Å². The molecule has 19 heavy (non-hydrogen) atoms. The van der Waals surface area contributed by atoms with Crippen LogP contribution in [0.1, 0.15) is 0 Å². The van der Waals surface area contributed by atoms with Crippen molar-refractivity contribution in [3.8, 4) is 0 Å². The van der Waals surface area contributed by atoms with Crippen LogP contribution in [0.4, 0.5) is 0 Å². The number of fused-ring (bicyclic) bond motifs is 2. The number of hydrogen-bond donors (Lipinski definition) is 1. The molecular weight excluding hydrogens is 292 g/mol. The van der Waals surface area contributed by atoms with Gasteiger partial charge < -0.3 is 9.22 Å². The van der Waals surface area contributed by atoms with Crippen molar-refractivity contribution in [2.75, 3.05) is 7.11 Å². The Balaban J connectivity index is 2.01. The fourth-order valence-corrected chi connectivity index (χ4v) is 5.33. The topological polar surface area (TPSA) is 29.5 Å². The Bertz CT molecular complexity index is 629. The second kappa shape index (κ2) is 4.99. The van der Waals surface area contributed by atoms with Gasteiger partial charge in [-0.1, -0.05) is 41.7 Å². The van der Waals surface area contributed by atoms with Crippen LogP contribution in [0, 0.1) is 0 Å². The first-order chi connectivity index (χ1) is 9.10. The van der Waals surface area contributed by atoms with Gasteiger partial charge >= 0.3 is 8.56 Å². The summed E-state index contributed by atoms with van der Waals surface area (Å²) in [6.45, 7) is 1.79. The molecule has 1 aliphatic rings. The van der Waals surface area contributed by atoms with E-state index in [2.05, 4.69) is 36.4 Å². The van der Waals surface area contributed by atoms with Crippen molar-refractivity contribution in [2.45, 2.75) is 26.1 Å². The van der Waals surface area contributed by atoms with Crippen LogP contribution in [-0.4, -0.2) is 20.5 Å². The Hall–Kier alpha value is -0.723. The highest BCUT2D eigenvalue weighted by atomic mass is 32.2. The van der Waals surface area contributed by atoms with Gasteiger partial charge in [-0.25, -0.2) is 0 Å². The molecule has 2 aromatic carbocycles. The molecule has 98 valence electrons. The summed E-state index contributed by atoms with van der Waals surface area (Å²) in [6.07, 6.45) is 0. The third-order valence-electron chi connectivity index (χ3n) is 3.17. The van der Waals surface area contributed by atoms with Crippen LogP contribution in [0.2, 0.25) is 6.55 Å². The first kappa shape index (κ1) is 13.3. The summed E-state index contributed by atoms with van der Waals surface area (Å²) >= 11 is 3.54. The Kier molecular flexibility index (Phi) is 3.49. The molecule has 0 amide bonds. The zero-order valence-electron chi connectivity index (χ0n) is 10.7. The van der Waals surface area contributed by atoms with E-state index in [9.17, 15) is 4.80 Å². The van der Waals surface area contributed by atoms with Gasteiger partial charge in [-0.3, -0.25) is 0 Å². The molecule has 5 heteroatoms. The molecule has 0 saturated heterocycles. The third kappa shape index (κ3) is 2.49. The first-order valence-electron chi connectivity index (χ1n) is 5.97. The van der Waals surface area contributed by atoms with E-state index in [0.29, 0.717) is 0 Å². The Morgan fingerprint density at radius 1 is 0.947 bits per heavy atom. The van der Waals surface area contributed by atoms with Gasteiger partial charge in [0.1, 0.15) is 0 Å². The fraction of sp³-hybridized carbons (Fsp3) is 0.143. The minimum Gasteiger partial charge on any atom is -0.407 e. The van der Waals surface area contributed by atoms with Crippen molar-refractivity contribution in [2.24, 2.45) is 0 Å². The van der Waals surface area contributed by atoms with Gasteiger partial charge in [0.05, 0.1) is 0 Å². The highest BCUT2D eigenvalue weighted by Crippen LogP contribution is 2.47. The van der Waals surface area contributed by atoms with Crippen molar-refractivity contribution < 1.29 is 9.22 Å². The van der Waals surface area contributed by atoms with E-state index in [0.717, 1.165) is 5.19 Å². The molecule has 0 bridgehead atoms. The quantitative estimate of drug-likeness (QED) is 0.736. The molecule has 1 heterocycles. The molecule has 1 unspecified atom stereocenters. The average Bonchev–Trinajstić information content (AvgIpc) is 2.44. The van der Waals surface area contributed by atoms with Crippen molar-refractivity contribution in [3.63, 3.8) is 0 Å². The third-order valence-corrected chi connectivity index (χ3v) is 7.89. The van der Waals surface area contributed by atoms with E-state index >= 15 is 0 Å². The molecule has 1 aliphatic heterocycles. The minimum atomic E-state index is -2.73. The summed E-state index contributed by atoms with van der Waals surface area (Å²) in [4.78, 5) is 15.3. The fourth-order valence-electron chi connectivity index (χ4n) is 1.93. The molecule has 2 nitrogen and oxygen atoms in total. The van der Waals surface area contributed by atoms with Gasteiger partial charge in [0.15, 0.2) is 0 Å². The molecule has 0 saturated carbocycles. The lowest BCUT2D eigenvalue weighted by atomic mass is 10.3. The minimum absolute atomic E-state index is 0.918. The molecule has 0 radical (unpaired) electrons. The second-order valence-corrected chi connectivity index (χ2v) is 9.62. The van der Waals surface area contributed by atoms with E-state index in [1.54, 1.807) is 37.2 Å². The molecule has 1 N–H and O–H groups in total. The van der Waals surface area contributed by atoms with E-state index in [1.807, 2.05) is 6.07 Å². The predicted octanol–water partition coefficient (Wildman–Crippen LogP) is 3.22. The van der Waals surface area contributed by atoms with Gasteiger partial charge in [-0.05, 0) is 36.0 Å². The van der Waals surface area contributed by atoms with E-state index in [4.69, 9.17) is 4.43 Å². The maximum atomic E-state index is 10.3. The summed E-state index contributed by atoms with van der Waals surface area (Å²) in [5.74, 6) is 0. The van der Waals surface area contributed by atoms with Crippen molar-refractivity contribution in [1.82, 2.24) is 0 Å². The Labute approximate surface area is 122 Å². The summed E-state index contributed by atoms with van der Waals surface area (Å²) in [6, 6.07) is 14.5. The van der Waals surface area contributed by atoms with Crippen LogP contribution in [0.25, 0.3) is 0 Å². The highest BCUT2D eigenvalue weighted by molar-refractivity contribution is 8.05. The molecule has 0 spiro atoms. The Morgan fingerprint density at radius 2 is 1.53 bits per heavy atom. The summed E-state index contributed by atoms with van der Waals surface area (Å²) in [5.41, 5.74) is 0. The smallest absolute Gasteiger partial charge is 0.366 e. The number of hydrogen-bond acceptors (Lipinski definition) is 4. The number of rotatable bonds is 2. The lowest BCUT2D eigenvalue weighted by Crippen LogP contribution is -2.47. The van der Waals surface area contributed by atoms with E-state index in [1.165, 1.54) is 19.6 Å². The van der Waals surface area contributed by atoms with Gasteiger partial charge in [0.2, 0.25) is 0 Å². The maximum absolute atomic E-state index is 10.3. The van der Waals surface area contributed by atoms with Crippen LogP contribution in [0.5, 0.6) is 0 Å². The second-order valence-electron chi connectivity index (χ2n) is 4.50. The summed E-state index contributed by atoms with van der Waals surface area (Å²) in [5, 5.41) is 0.918. The van der Waals surface area contributed by atoms with Crippen LogP contribution in [0.3, 0.4) is 0 Å². The predicted molar refractivity (Wildman–Crippen MR) is 81.6 cm³/mol. The molecule has 3 rings (SSSR count). The van der Waals surface area contributed by atoms with Crippen LogP contribution < -0.4 is 5.19 Å². The lowest BCUT2D eigenvalue weighted by molar-refractivity contribution is 0.313. The number of benzene rings is 2. The standard InChI is InChI=1S/C14H14O2S2Si/c1-16-19(2,15)10-7-8-13-14(9-10)18-12-6-4-3-5-11(12)17-13/h3-9,15H,1-2H3. The highest BCUT2D eigenvalue weighted by Gasteiger charge is 2.29. The maximum Gasteiger partial charge on any atom is 0.366 e. The molecule has 0 aromatic heterocycles. The summed E-state index contributed by atoms with van der Waals surface area (Å²) < 4.78 is 5.26. The van der Waals surface area contributed by atoms with Crippen molar-refractivity contribution in [3.05, 3.63) is 42.5 Å². The zero-order valence-corrected chi connectivity index (χ0v) is 13.3. The molecule has 0 fully saturated rings. The Morgan fingerprint density at radius 3 is 2.16 bits per heavy atom. The van der Waals surface area contributed by atoms with Crippen LogP contribution in [0.15, 0.2) is 62.0 Å². The molecule has 0 aliphatic carbocycles. The van der Waals surface area contributed by atoms with Gasteiger partial charge in [-0.15, -0.1) is 0 Å². The summed E-state index contributed by atoms with van der Waals surface area (Å²) in [7, 11) is -1.15. The largest absolute Gasteiger partial charge is 0.407 e. The zero-order chi connectivity index (χ0) is 13.5. The first-order valence-corrected chi connectivity index (χ1v) is 9.96. The van der Waals surface area contributed by atoms with Crippen LogP contribution >= 0.6 is 23.5 Å². The molecular formula is C14H14O2S2Si. The normalized spacial score (nSPS) is 16.4. The molecule has 2 aromatic rings.